The van der Waals surface area contributed by atoms with Crippen molar-refractivity contribution in [2.45, 2.75) is 27.7 Å². The fourth-order valence-corrected chi connectivity index (χ4v) is 15.9. The van der Waals surface area contributed by atoms with Crippen LogP contribution in [-0.4, -0.2) is 62.3 Å². The number of nitrogens with zero attached hydrogens (tertiary/aromatic N) is 1. The van der Waals surface area contributed by atoms with Crippen LogP contribution < -0.4 is 37.4 Å². The Hall–Kier alpha value is -10.7. The highest BCUT2D eigenvalue weighted by atomic mass is 35.5. The van der Waals surface area contributed by atoms with Gasteiger partial charge in [-0.1, -0.05) is 304 Å². The van der Waals surface area contributed by atoms with Crippen LogP contribution >= 0.6 is 38.8 Å². The van der Waals surface area contributed by atoms with E-state index in [2.05, 4.69) is 81.1 Å². The summed E-state index contributed by atoms with van der Waals surface area (Å²) >= 11 is 13.8. The topological polar surface area (TPSA) is 140 Å². The van der Waals surface area contributed by atoms with E-state index in [-0.39, 0.29) is 11.5 Å². The van der Waals surface area contributed by atoms with Gasteiger partial charge in [0.25, 0.3) is 0 Å². The predicted octanol–water partition coefficient (Wildman–Crippen LogP) is 22.1. The van der Waals surface area contributed by atoms with Gasteiger partial charge in [0, 0.05) is 39.9 Å². The van der Waals surface area contributed by atoms with Crippen molar-refractivity contribution in [2.75, 3.05) is 52.5 Å². The number of quaternary nitrogens is 1. The molecule has 16 rings (SSSR count). The number of fused-ring (bicyclic) bond motifs is 14. The molecular formula is C92H82Cl2N2O10P2. The molecule has 0 aromatic heterocycles. The second-order valence-corrected chi connectivity index (χ2v) is 29.1. The molecule has 0 fully saturated rings. The van der Waals surface area contributed by atoms with E-state index < -0.39 is 15.6 Å². The molecule has 0 spiro atoms. The third kappa shape index (κ3) is 17.9. The highest BCUT2D eigenvalue weighted by Crippen LogP contribution is 2.58. The Balaban J connectivity index is 0.000000127. The van der Waals surface area contributed by atoms with Gasteiger partial charge in [-0.2, -0.15) is 0 Å². The molecule has 544 valence electrons. The van der Waals surface area contributed by atoms with Crippen LogP contribution in [0.4, 0.5) is 0 Å². The van der Waals surface area contributed by atoms with Crippen molar-refractivity contribution in [3.8, 4) is 56.8 Å². The molecule has 2 heterocycles. The molecule has 0 amide bonds. The number of halogens is 2. The maximum Gasteiger partial charge on any atom is 0.584 e. The van der Waals surface area contributed by atoms with E-state index in [0.717, 1.165) is 177 Å². The van der Waals surface area contributed by atoms with Crippen molar-refractivity contribution in [3.63, 3.8) is 0 Å². The van der Waals surface area contributed by atoms with Crippen molar-refractivity contribution in [1.82, 2.24) is 4.90 Å². The van der Waals surface area contributed by atoms with Gasteiger partial charge in [-0.3, -0.25) is 4.89 Å². The summed E-state index contributed by atoms with van der Waals surface area (Å²) in [7, 11) is -8.75. The lowest BCUT2D eigenvalue weighted by Gasteiger charge is -2.21. The molecule has 108 heavy (non-hydrogen) atoms. The molecule has 0 radical (unpaired) electrons. The standard InChI is InChI=1S/2C26H28ClNO.2C20H13O4P/c2*1-3-28(4-2)19-20-29-24-17-15-22(16-18-24)25(21-11-7-5-8-12-21)26(27)23-13-9-6-10-14-23;2*21-25(22)23-17-11-9-13-5-1-3-7-15(13)19(17)20-16-8-4-2-6-14(16)10-12-18(20)24-25/h2*5-18H,3-4,19-20H2,1-2H3;2*1-12H,(H,21,22)/b2*26-25+;;. The fourth-order valence-electron chi connectivity index (χ4n) is 13.6. The minimum Gasteiger partial charge on any atom is -0.736 e. The highest BCUT2D eigenvalue weighted by Gasteiger charge is 2.34. The van der Waals surface area contributed by atoms with Gasteiger partial charge in [0.1, 0.15) is 54.3 Å². The maximum atomic E-state index is 12.4. The van der Waals surface area contributed by atoms with Crippen molar-refractivity contribution >= 4 is 103 Å². The number of rotatable bonds is 18. The van der Waals surface area contributed by atoms with Crippen molar-refractivity contribution in [1.29, 1.82) is 0 Å². The molecule has 0 atom stereocenters. The van der Waals surface area contributed by atoms with E-state index in [1.165, 1.54) is 0 Å². The number of hydrogen-bond acceptors (Lipinski definition) is 10. The van der Waals surface area contributed by atoms with Crippen LogP contribution in [0.3, 0.4) is 0 Å². The second kappa shape index (κ2) is 35.3. The molecule has 0 saturated carbocycles. The van der Waals surface area contributed by atoms with Crippen LogP contribution in [0.25, 0.3) is 86.6 Å². The van der Waals surface area contributed by atoms with Gasteiger partial charge in [0.2, 0.25) is 0 Å². The molecule has 14 aromatic carbocycles. The smallest absolute Gasteiger partial charge is 0.584 e. The first-order chi connectivity index (χ1) is 52.7. The number of nitrogens with one attached hydrogen (secondary N) is 1. The lowest BCUT2D eigenvalue weighted by Crippen LogP contribution is -3.12. The maximum absolute atomic E-state index is 12.4. The molecule has 2 N–H and O–H groups in total. The van der Waals surface area contributed by atoms with E-state index in [1.54, 1.807) is 29.2 Å². The van der Waals surface area contributed by atoms with E-state index >= 15 is 0 Å². The first kappa shape index (κ1) is 75.5. The van der Waals surface area contributed by atoms with Gasteiger partial charge < -0.3 is 42.3 Å². The van der Waals surface area contributed by atoms with Gasteiger partial charge in [0.05, 0.1) is 23.2 Å². The molecule has 0 unspecified atom stereocenters. The minimum absolute atomic E-state index is 0.284. The molecule has 2 aliphatic rings. The fraction of sp³-hybridized carbons (Fsp3) is 0.130. The molecule has 0 aliphatic carbocycles. The van der Waals surface area contributed by atoms with E-state index in [4.69, 9.17) is 50.8 Å². The van der Waals surface area contributed by atoms with Crippen LogP contribution in [-0.2, 0) is 9.13 Å². The molecule has 12 nitrogen and oxygen atoms in total. The number of ether oxygens (including phenoxy) is 2. The van der Waals surface area contributed by atoms with E-state index in [1.807, 2.05) is 243 Å². The van der Waals surface area contributed by atoms with Gasteiger partial charge >= 0.3 is 15.6 Å². The number of likely N-dealkylation sites (N-methyl/N-ethyl adjacent to an activating group) is 2. The number of benzene rings is 14. The van der Waals surface area contributed by atoms with Crippen molar-refractivity contribution in [3.05, 3.63) is 349 Å². The summed E-state index contributed by atoms with van der Waals surface area (Å²) in [4.78, 5) is 26.3. The summed E-state index contributed by atoms with van der Waals surface area (Å²) in [5.74, 6) is 3.03. The summed E-state index contributed by atoms with van der Waals surface area (Å²) in [5.41, 5.74) is 11.4. The van der Waals surface area contributed by atoms with Gasteiger partial charge in [0.15, 0.2) is 0 Å². The summed E-state index contributed by atoms with van der Waals surface area (Å²) in [6.45, 7) is 16.5. The summed E-state index contributed by atoms with van der Waals surface area (Å²) in [5, 5.41) is 9.29. The Labute approximate surface area is 641 Å². The summed E-state index contributed by atoms with van der Waals surface area (Å²) < 4.78 is 57.8. The number of phosphoric ester groups is 2. The summed E-state index contributed by atoms with van der Waals surface area (Å²) in [6.07, 6.45) is 0. The molecule has 0 saturated heterocycles. The zero-order chi connectivity index (χ0) is 75.0. The normalized spacial score (nSPS) is 13.4. The van der Waals surface area contributed by atoms with Gasteiger partial charge in [-0.05, 0) is 152 Å². The Morgan fingerprint density at radius 2 is 0.657 bits per heavy atom. The minimum atomic E-state index is -4.50. The molecule has 0 bridgehead atoms. The van der Waals surface area contributed by atoms with Crippen molar-refractivity contribution in [2.24, 2.45) is 0 Å². The predicted molar refractivity (Wildman–Crippen MR) is 442 cm³/mol. The first-order valence-corrected chi connectivity index (χ1v) is 39.9. The van der Waals surface area contributed by atoms with Crippen LogP contribution in [0.1, 0.15) is 61.1 Å². The van der Waals surface area contributed by atoms with Crippen LogP contribution in [0.5, 0.6) is 34.5 Å². The van der Waals surface area contributed by atoms with E-state index in [0.29, 0.717) is 18.1 Å². The Kier molecular flexibility index (Phi) is 24.7. The lowest BCUT2D eigenvalue weighted by atomic mass is 9.92. The van der Waals surface area contributed by atoms with Gasteiger partial charge in [-0.25, -0.2) is 9.13 Å². The van der Waals surface area contributed by atoms with Crippen molar-refractivity contribution < 1.29 is 51.4 Å². The largest absolute Gasteiger partial charge is 0.736 e. The lowest BCUT2D eigenvalue weighted by molar-refractivity contribution is -0.896. The number of hydrogen-bond donors (Lipinski definition) is 2. The SMILES string of the molecule is CCN(CC)CCOc1ccc(/C(=C(/Cl)c2ccccc2)c2ccccc2)cc1.CC[NH+](CC)CCOc1ccc(/C(=C(/Cl)c2ccccc2)c2ccccc2)cc1.O=P1(O)Oc2ccc3ccccc3c2-c2c(ccc3ccccc23)O1.O=P1([O-])Oc2ccc3ccccc3c2-c2c(ccc3ccccc23)O1. The van der Waals surface area contributed by atoms with E-state index in [9.17, 15) is 18.9 Å². The highest BCUT2D eigenvalue weighted by molar-refractivity contribution is 7.48. The first-order valence-electron chi connectivity index (χ1n) is 36.2. The Morgan fingerprint density at radius 3 is 0.981 bits per heavy atom. The summed E-state index contributed by atoms with van der Waals surface area (Å²) in [6, 6.07) is 103. The molecule has 16 heteroatoms. The van der Waals surface area contributed by atoms with Crippen LogP contribution in [0.15, 0.2) is 315 Å². The zero-order valence-electron chi connectivity index (χ0n) is 60.4. The zero-order valence-corrected chi connectivity index (χ0v) is 63.7. The van der Waals surface area contributed by atoms with Crippen LogP contribution in [0, 0.1) is 0 Å². The third-order valence-electron chi connectivity index (χ3n) is 19.1. The second-order valence-electron chi connectivity index (χ2n) is 25.7. The quantitative estimate of drug-likeness (QED) is 0.0627. The third-order valence-corrected chi connectivity index (χ3v) is 21.6. The average Bonchev–Trinajstić information content (AvgIpc) is 1.50. The molecular weight excluding hydrogens is 1430 g/mol. The molecule has 14 aromatic rings. The van der Waals surface area contributed by atoms with Crippen LogP contribution in [0.2, 0.25) is 0 Å². The average molecular weight is 1510 g/mol. The van der Waals surface area contributed by atoms with Gasteiger partial charge in [-0.15, -0.1) is 0 Å². The number of phosphoric acid groups is 2. The molecule has 2 aliphatic heterocycles. The Morgan fingerprint density at radius 1 is 0.370 bits per heavy atom. The Bertz CT molecular complexity index is 5060. The monoisotopic (exact) mass is 1510 g/mol.